The zero-order chi connectivity index (χ0) is 19.3. The van der Waals surface area contributed by atoms with Crippen molar-refractivity contribution in [2.24, 2.45) is 0 Å². The van der Waals surface area contributed by atoms with Crippen molar-refractivity contribution >= 4 is 39.5 Å². The van der Waals surface area contributed by atoms with Crippen molar-refractivity contribution in [3.05, 3.63) is 69.3 Å². The summed E-state index contributed by atoms with van der Waals surface area (Å²) in [6.07, 6.45) is 1.03. The summed E-state index contributed by atoms with van der Waals surface area (Å²) in [5, 5.41) is 1.75. The number of nitrogens with one attached hydrogen (secondary N) is 1. The molecule has 1 amide bonds. The van der Waals surface area contributed by atoms with Crippen molar-refractivity contribution in [2.45, 2.75) is 25.9 Å². The molecular weight excluding hydrogens is 378 g/mol. The zero-order valence-corrected chi connectivity index (χ0v) is 15.8. The van der Waals surface area contributed by atoms with E-state index in [1.807, 2.05) is 41.3 Å². The molecule has 0 atom stereocenters. The third-order valence-electron chi connectivity index (χ3n) is 5.41. The largest absolute Gasteiger partial charge is 0.419 e. The number of fused-ring (bicyclic) bond motifs is 4. The summed E-state index contributed by atoms with van der Waals surface area (Å²) in [6, 6.07) is 13.0. The topological polar surface area (TPSA) is 71.2 Å². The van der Waals surface area contributed by atoms with Crippen LogP contribution in [0.15, 0.2) is 51.7 Å². The first-order valence-electron chi connectivity index (χ1n) is 9.25. The molecule has 1 N–H and O–H groups in total. The molecule has 5 rings (SSSR count). The number of aromatic amines is 1. The van der Waals surface area contributed by atoms with Gasteiger partial charge >= 0.3 is 5.76 Å². The van der Waals surface area contributed by atoms with Gasteiger partial charge in [0, 0.05) is 59.7 Å². The number of rotatable bonds is 3. The maximum absolute atomic E-state index is 12.8. The molecule has 0 unspecified atom stereocenters. The summed E-state index contributed by atoms with van der Waals surface area (Å²) in [4.78, 5) is 30.2. The van der Waals surface area contributed by atoms with Crippen LogP contribution >= 0.6 is 11.6 Å². The van der Waals surface area contributed by atoms with E-state index in [2.05, 4.69) is 4.98 Å². The Morgan fingerprint density at radius 1 is 1.21 bits per heavy atom. The first kappa shape index (κ1) is 17.1. The standard InChI is InChI=1S/C21H18ClN3O3/c22-13-5-6-16-14(11-13)15-12-24(9-7-17(15)23-16)20(26)8-10-25-18-3-1-2-4-19(18)28-21(25)27/h1-6,11,23H,7-10,12H2. The number of para-hydroxylation sites is 2. The van der Waals surface area contributed by atoms with Crippen LogP contribution in [0.5, 0.6) is 0 Å². The third-order valence-corrected chi connectivity index (χ3v) is 5.65. The van der Waals surface area contributed by atoms with Crippen molar-refractivity contribution in [2.75, 3.05) is 6.54 Å². The Kier molecular flexibility index (Phi) is 4.02. The minimum atomic E-state index is -0.429. The summed E-state index contributed by atoms with van der Waals surface area (Å²) in [6.45, 7) is 1.51. The quantitative estimate of drug-likeness (QED) is 0.575. The van der Waals surface area contributed by atoms with Gasteiger partial charge in [-0.2, -0.15) is 0 Å². The number of aryl methyl sites for hydroxylation is 1. The molecule has 142 valence electrons. The number of halogens is 1. The number of aromatic nitrogens is 2. The fourth-order valence-corrected chi connectivity index (χ4v) is 4.16. The van der Waals surface area contributed by atoms with Crippen LogP contribution in [0, 0.1) is 0 Å². The second-order valence-corrected chi connectivity index (χ2v) is 7.51. The third kappa shape index (κ3) is 2.81. The van der Waals surface area contributed by atoms with Gasteiger partial charge in [-0.25, -0.2) is 4.79 Å². The van der Waals surface area contributed by atoms with Crippen LogP contribution in [0.3, 0.4) is 0 Å². The summed E-state index contributed by atoms with van der Waals surface area (Å²) in [5.41, 5.74) is 4.59. The Hall–Kier alpha value is -2.99. The van der Waals surface area contributed by atoms with Crippen molar-refractivity contribution in [1.82, 2.24) is 14.5 Å². The highest BCUT2D eigenvalue weighted by Gasteiger charge is 2.24. The number of amides is 1. The highest BCUT2D eigenvalue weighted by atomic mass is 35.5. The van der Waals surface area contributed by atoms with E-state index in [9.17, 15) is 9.59 Å². The van der Waals surface area contributed by atoms with Crippen LogP contribution in [0.1, 0.15) is 17.7 Å². The van der Waals surface area contributed by atoms with Gasteiger partial charge in [-0.15, -0.1) is 0 Å². The summed E-state index contributed by atoms with van der Waals surface area (Å²) < 4.78 is 6.76. The molecule has 6 nitrogen and oxygen atoms in total. The molecule has 1 aliphatic heterocycles. The fraction of sp³-hybridized carbons (Fsp3) is 0.238. The lowest BCUT2D eigenvalue weighted by Gasteiger charge is -2.27. The molecule has 7 heteroatoms. The van der Waals surface area contributed by atoms with Crippen LogP contribution in [0.2, 0.25) is 5.02 Å². The van der Waals surface area contributed by atoms with E-state index in [1.54, 1.807) is 6.07 Å². The summed E-state index contributed by atoms with van der Waals surface area (Å²) in [7, 11) is 0. The van der Waals surface area contributed by atoms with E-state index in [0.717, 1.165) is 22.9 Å². The molecule has 1 aliphatic rings. The van der Waals surface area contributed by atoms with E-state index in [1.165, 1.54) is 10.3 Å². The van der Waals surface area contributed by atoms with Crippen LogP contribution in [-0.4, -0.2) is 26.9 Å². The van der Waals surface area contributed by atoms with Crippen molar-refractivity contribution in [3.8, 4) is 0 Å². The lowest BCUT2D eigenvalue weighted by Crippen LogP contribution is -2.36. The Morgan fingerprint density at radius 3 is 2.96 bits per heavy atom. The predicted molar refractivity (Wildman–Crippen MR) is 108 cm³/mol. The maximum atomic E-state index is 12.8. The van der Waals surface area contributed by atoms with E-state index in [-0.39, 0.29) is 12.3 Å². The zero-order valence-electron chi connectivity index (χ0n) is 15.1. The molecule has 0 fully saturated rings. The average Bonchev–Trinajstić information content (AvgIpc) is 3.22. The van der Waals surface area contributed by atoms with Crippen LogP contribution < -0.4 is 5.76 Å². The van der Waals surface area contributed by atoms with Gasteiger partial charge in [-0.3, -0.25) is 9.36 Å². The van der Waals surface area contributed by atoms with Gasteiger partial charge in [-0.05, 0) is 30.3 Å². The lowest BCUT2D eigenvalue weighted by atomic mass is 10.0. The molecule has 0 spiro atoms. The van der Waals surface area contributed by atoms with Gasteiger partial charge in [0.2, 0.25) is 5.91 Å². The lowest BCUT2D eigenvalue weighted by molar-refractivity contribution is -0.132. The van der Waals surface area contributed by atoms with Gasteiger partial charge in [0.25, 0.3) is 0 Å². The second kappa shape index (κ2) is 6.56. The fourth-order valence-electron chi connectivity index (χ4n) is 3.99. The van der Waals surface area contributed by atoms with Gasteiger partial charge in [0.05, 0.1) is 5.52 Å². The maximum Gasteiger partial charge on any atom is 0.419 e. The molecule has 2 aromatic heterocycles. The monoisotopic (exact) mass is 395 g/mol. The summed E-state index contributed by atoms with van der Waals surface area (Å²) >= 11 is 6.15. The molecule has 3 heterocycles. The molecule has 0 bridgehead atoms. The number of carbonyl (C=O) groups is 1. The molecule has 0 aliphatic carbocycles. The van der Waals surface area contributed by atoms with E-state index in [4.69, 9.17) is 16.0 Å². The van der Waals surface area contributed by atoms with Crippen molar-refractivity contribution in [1.29, 1.82) is 0 Å². The number of H-pyrrole nitrogens is 1. The normalized spacial score (nSPS) is 14.0. The number of hydrogen-bond acceptors (Lipinski definition) is 3. The number of carbonyl (C=O) groups excluding carboxylic acids is 1. The van der Waals surface area contributed by atoms with Gasteiger partial charge in [-0.1, -0.05) is 23.7 Å². The van der Waals surface area contributed by atoms with Crippen molar-refractivity contribution in [3.63, 3.8) is 0 Å². The van der Waals surface area contributed by atoms with Crippen LogP contribution in [-0.2, 0) is 24.3 Å². The Bertz CT molecular complexity index is 1270. The first-order chi connectivity index (χ1) is 13.6. The number of nitrogens with zero attached hydrogens (tertiary/aromatic N) is 2. The summed E-state index contributed by atoms with van der Waals surface area (Å²) in [5.74, 6) is -0.402. The molecule has 0 saturated heterocycles. The highest BCUT2D eigenvalue weighted by molar-refractivity contribution is 6.31. The van der Waals surface area contributed by atoms with Gasteiger partial charge in [0.15, 0.2) is 5.58 Å². The highest BCUT2D eigenvalue weighted by Crippen LogP contribution is 2.30. The SMILES string of the molecule is O=C(CCn1c(=O)oc2ccccc21)N1CCc2[nH]c3ccc(Cl)cc3c2C1. The Labute approximate surface area is 165 Å². The van der Waals surface area contributed by atoms with Crippen LogP contribution in [0.4, 0.5) is 0 Å². The second-order valence-electron chi connectivity index (χ2n) is 7.07. The molecular formula is C21H18ClN3O3. The Balaban J connectivity index is 1.35. The first-order valence-corrected chi connectivity index (χ1v) is 9.63. The molecule has 2 aromatic carbocycles. The molecule has 0 saturated carbocycles. The van der Waals surface area contributed by atoms with Crippen molar-refractivity contribution < 1.29 is 9.21 Å². The smallest absolute Gasteiger partial charge is 0.408 e. The predicted octanol–water partition coefficient (Wildman–Crippen LogP) is 3.70. The molecule has 0 radical (unpaired) electrons. The van der Waals surface area contributed by atoms with E-state index in [0.29, 0.717) is 35.8 Å². The Morgan fingerprint density at radius 2 is 2.07 bits per heavy atom. The minimum Gasteiger partial charge on any atom is -0.408 e. The van der Waals surface area contributed by atoms with Gasteiger partial charge < -0.3 is 14.3 Å². The number of benzene rings is 2. The van der Waals surface area contributed by atoms with E-state index < -0.39 is 5.76 Å². The van der Waals surface area contributed by atoms with Gasteiger partial charge in [0.1, 0.15) is 0 Å². The molecule has 4 aromatic rings. The van der Waals surface area contributed by atoms with Crippen LogP contribution in [0.25, 0.3) is 22.0 Å². The number of hydrogen-bond donors (Lipinski definition) is 1. The van der Waals surface area contributed by atoms with E-state index >= 15 is 0 Å². The minimum absolute atomic E-state index is 0.0270. The average molecular weight is 396 g/mol. The number of oxazole rings is 1. The molecule has 28 heavy (non-hydrogen) atoms.